The van der Waals surface area contributed by atoms with Crippen molar-refractivity contribution < 1.29 is 27.9 Å². The lowest BCUT2D eigenvalue weighted by Crippen LogP contribution is -2.48. The Hall–Kier alpha value is -1.31. The van der Waals surface area contributed by atoms with Crippen LogP contribution in [0.5, 0.6) is 0 Å². The minimum atomic E-state index is -3.30. The van der Waals surface area contributed by atoms with Gasteiger partial charge in [-0.15, -0.1) is 0 Å². The van der Waals surface area contributed by atoms with Gasteiger partial charge in [-0.3, -0.25) is 4.79 Å². The lowest BCUT2D eigenvalue weighted by Gasteiger charge is -2.33. The Morgan fingerprint density at radius 3 is 2.05 bits per heavy atom. The highest BCUT2D eigenvalue weighted by Gasteiger charge is 2.42. The summed E-state index contributed by atoms with van der Waals surface area (Å²) < 4.78 is 27.8. The van der Waals surface area contributed by atoms with Crippen LogP contribution in [0.1, 0.15) is 41.0 Å². The summed E-state index contributed by atoms with van der Waals surface area (Å²) in [6, 6.07) is 0. The van der Waals surface area contributed by atoms with Crippen LogP contribution in [0.2, 0.25) is 0 Å². The summed E-state index contributed by atoms with van der Waals surface area (Å²) in [7, 11) is -3.30. The van der Waals surface area contributed by atoms with Crippen LogP contribution in [0.15, 0.2) is 0 Å². The molecule has 0 aliphatic rings. The molecule has 0 radical (unpaired) electrons. The highest BCUT2D eigenvalue weighted by molar-refractivity contribution is 7.90. The van der Waals surface area contributed by atoms with Crippen molar-refractivity contribution in [1.29, 1.82) is 0 Å². The standard InChI is InChI=1S/C14H27NO6S/c1-10(2)14(11(16)17,7-8-22(6,19)20)9-15-12(18)21-13(3,4)5/h10H,7-9H2,1-6H3,(H,15,18)(H,16,17). The molecule has 1 amide bonds. The molecule has 1 unspecified atom stereocenters. The molecule has 130 valence electrons. The number of ether oxygens (including phenoxy) is 1. The summed E-state index contributed by atoms with van der Waals surface area (Å²) in [6.45, 7) is 8.28. The topological polar surface area (TPSA) is 110 Å². The fraction of sp³-hybridized carbons (Fsp3) is 0.857. The molecule has 0 fully saturated rings. The van der Waals surface area contributed by atoms with Gasteiger partial charge >= 0.3 is 12.1 Å². The van der Waals surface area contributed by atoms with E-state index in [9.17, 15) is 23.1 Å². The first kappa shape index (κ1) is 20.7. The molecular weight excluding hydrogens is 310 g/mol. The van der Waals surface area contributed by atoms with Crippen molar-refractivity contribution in [3.05, 3.63) is 0 Å². The number of aliphatic carboxylic acids is 1. The van der Waals surface area contributed by atoms with E-state index in [0.717, 1.165) is 6.26 Å². The average Bonchev–Trinajstić information content (AvgIpc) is 2.24. The second-order valence-electron chi connectivity index (χ2n) is 6.85. The second kappa shape index (κ2) is 7.30. The number of amides is 1. The number of sulfone groups is 1. The van der Waals surface area contributed by atoms with Crippen LogP contribution in [-0.2, 0) is 19.4 Å². The van der Waals surface area contributed by atoms with Crippen LogP contribution in [0.4, 0.5) is 4.79 Å². The number of carboxylic acid groups (broad SMARTS) is 1. The van der Waals surface area contributed by atoms with E-state index >= 15 is 0 Å². The molecule has 0 spiro atoms. The first-order chi connectivity index (χ1) is 9.69. The molecule has 7 nitrogen and oxygen atoms in total. The largest absolute Gasteiger partial charge is 0.481 e. The van der Waals surface area contributed by atoms with E-state index < -0.39 is 32.9 Å². The fourth-order valence-electron chi connectivity index (χ4n) is 1.92. The van der Waals surface area contributed by atoms with Gasteiger partial charge in [-0.25, -0.2) is 13.2 Å². The highest BCUT2D eigenvalue weighted by Crippen LogP contribution is 2.32. The maximum Gasteiger partial charge on any atom is 0.407 e. The maximum atomic E-state index is 11.7. The molecule has 0 bridgehead atoms. The van der Waals surface area contributed by atoms with Crippen molar-refractivity contribution in [3.8, 4) is 0 Å². The lowest BCUT2D eigenvalue weighted by atomic mass is 9.75. The molecule has 0 aromatic carbocycles. The zero-order chi connectivity index (χ0) is 17.8. The predicted octanol–water partition coefficient (Wildman–Crippen LogP) is 1.67. The Morgan fingerprint density at radius 2 is 1.73 bits per heavy atom. The number of hydrogen-bond donors (Lipinski definition) is 2. The quantitative estimate of drug-likeness (QED) is 0.731. The minimum absolute atomic E-state index is 0.0748. The first-order valence-corrected chi connectivity index (χ1v) is 9.13. The summed E-state index contributed by atoms with van der Waals surface area (Å²) in [5.41, 5.74) is -2.06. The molecule has 0 aliphatic carbocycles. The third-order valence-corrected chi connectivity index (χ3v) is 4.34. The molecule has 0 aliphatic heterocycles. The number of carbonyl (C=O) groups excluding carboxylic acids is 1. The van der Waals surface area contributed by atoms with Crippen molar-refractivity contribution in [2.24, 2.45) is 11.3 Å². The average molecular weight is 337 g/mol. The minimum Gasteiger partial charge on any atom is -0.481 e. The van der Waals surface area contributed by atoms with E-state index in [1.165, 1.54) is 0 Å². The van der Waals surface area contributed by atoms with Crippen LogP contribution in [0.3, 0.4) is 0 Å². The molecule has 0 saturated carbocycles. The van der Waals surface area contributed by atoms with Gasteiger partial charge in [-0.1, -0.05) is 13.8 Å². The SMILES string of the molecule is CC(C)C(CCS(C)(=O)=O)(CNC(=O)OC(C)(C)C)C(=O)O. The van der Waals surface area contributed by atoms with E-state index in [1.54, 1.807) is 34.6 Å². The fourth-order valence-corrected chi connectivity index (χ4v) is 2.66. The van der Waals surface area contributed by atoms with Crippen molar-refractivity contribution in [3.63, 3.8) is 0 Å². The molecule has 0 aromatic rings. The van der Waals surface area contributed by atoms with Gasteiger partial charge in [0.25, 0.3) is 0 Å². The molecule has 0 rings (SSSR count). The van der Waals surface area contributed by atoms with Gasteiger partial charge < -0.3 is 15.2 Å². The third-order valence-electron chi connectivity index (χ3n) is 3.40. The van der Waals surface area contributed by atoms with Crippen molar-refractivity contribution >= 4 is 21.9 Å². The van der Waals surface area contributed by atoms with Gasteiger partial charge in [0, 0.05) is 12.8 Å². The number of rotatable bonds is 7. The Labute approximate surface area is 132 Å². The van der Waals surface area contributed by atoms with Gasteiger partial charge in [-0.2, -0.15) is 0 Å². The molecule has 0 heterocycles. The van der Waals surface area contributed by atoms with Crippen LogP contribution >= 0.6 is 0 Å². The van der Waals surface area contributed by atoms with E-state index in [2.05, 4.69) is 5.32 Å². The van der Waals surface area contributed by atoms with E-state index in [4.69, 9.17) is 4.74 Å². The number of alkyl carbamates (subject to hydrolysis) is 1. The molecule has 2 N–H and O–H groups in total. The molecule has 0 aromatic heterocycles. The second-order valence-corrected chi connectivity index (χ2v) is 9.11. The Balaban J connectivity index is 5.10. The van der Waals surface area contributed by atoms with E-state index in [1.807, 2.05) is 0 Å². The molecule has 1 atom stereocenters. The summed E-state index contributed by atoms with van der Waals surface area (Å²) in [6.07, 6.45) is 0.258. The van der Waals surface area contributed by atoms with Crippen LogP contribution in [0.25, 0.3) is 0 Å². The van der Waals surface area contributed by atoms with Gasteiger partial charge in [0.05, 0.1) is 11.2 Å². The molecule has 22 heavy (non-hydrogen) atoms. The van der Waals surface area contributed by atoms with E-state index in [0.29, 0.717) is 0 Å². The predicted molar refractivity (Wildman–Crippen MR) is 83.5 cm³/mol. The number of nitrogens with one attached hydrogen (secondary N) is 1. The van der Waals surface area contributed by atoms with Gasteiger partial charge in [-0.05, 0) is 33.1 Å². The summed E-state index contributed by atoms with van der Waals surface area (Å²) in [5, 5.41) is 12.0. The maximum absolute atomic E-state index is 11.7. The zero-order valence-corrected chi connectivity index (χ0v) is 14.9. The monoisotopic (exact) mass is 337 g/mol. The summed E-state index contributed by atoms with van der Waals surface area (Å²) in [5.74, 6) is -1.75. The Bertz CT molecular complexity index is 506. The number of carboxylic acids is 1. The molecular formula is C14H27NO6S. The van der Waals surface area contributed by atoms with Crippen LogP contribution < -0.4 is 5.32 Å². The van der Waals surface area contributed by atoms with Gasteiger partial charge in [0.2, 0.25) is 0 Å². The summed E-state index contributed by atoms with van der Waals surface area (Å²) in [4.78, 5) is 23.4. The Kier molecular flexibility index (Phi) is 6.87. The van der Waals surface area contributed by atoms with Crippen molar-refractivity contribution in [2.45, 2.75) is 46.6 Å². The van der Waals surface area contributed by atoms with Crippen LogP contribution in [-0.4, -0.2) is 49.7 Å². The highest BCUT2D eigenvalue weighted by atomic mass is 32.2. The number of carbonyl (C=O) groups is 2. The van der Waals surface area contributed by atoms with Crippen molar-refractivity contribution in [1.82, 2.24) is 5.32 Å². The normalized spacial score (nSPS) is 15.2. The first-order valence-electron chi connectivity index (χ1n) is 7.07. The van der Waals surface area contributed by atoms with E-state index in [-0.39, 0.29) is 24.6 Å². The number of hydrogen-bond acceptors (Lipinski definition) is 5. The van der Waals surface area contributed by atoms with Gasteiger partial charge in [0.15, 0.2) is 0 Å². The third kappa shape index (κ3) is 7.11. The van der Waals surface area contributed by atoms with Crippen LogP contribution in [0, 0.1) is 11.3 Å². The zero-order valence-electron chi connectivity index (χ0n) is 14.1. The lowest BCUT2D eigenvalue weighted by molar-refractivity contribution is -0.151. The molecule has 0 saturated heterocycles. The van der Waals surface area contributed by atoms with Gasteiger partial charge in [0.1, 0.15) is 15.4 Å². The smallest absolute Gasteiger partial charge is 0.407 e. The van der Waals surface area contributed by atoms with Crippen molar-refractivity contribution in [2.75, 3.05) is 18.6 Å². The molecule has 8 heteroatoms. The Morgan fingerprint density at radius 1 is 1.23 bits per heavy atom. The summed E-state index contributed by atoms with van der Waals surface area (Å²) >= 11 is 0.